The van der Waals surface area contributed by atoms with Gasteiger partial charge >= 0.3 is 0 Å². The van der Waals surface area contributed by atoms with Crippen LogP contribution in [0.2, 0.25) is 0 Å². The van der Waals surface area contributed by atoms with Crippen LogP contribution in [0.15, 0.2) is 53.4 Å². The summed E-state index contributed by atoms with van der Waals surface area (Å²) in [5.74, 6) is -0.0952. The standard InChI is InChI=1S/C24H27N3O4S/c1-17-4-6-19(7-5-17)15-31-16-23-22-14-27(13-12-24(22)26(3)25-23)32(29,30)21-10-8-20(9-11-21)18(2)28/h4-11H,12-16H2,1-3H3. The highest BCUT2D eigenvalue weighted by Crippen LogP contribution is 2.27. The highest BCUT2D eigenvalue weighted by atomic mass is 32.2. The predicted molar refractivity (Wildman–Crippen MR) is 121 cm³/mol. The molecule has 0 amide bonds. The van der Waals surface area contributed by atoms with Gasteiger partial charge in [0.2, 0.25) is 10.0 Å². The van der Waals surface area contributed by atoms with Crippen molar-refractivity contribution in [3.8, 4) is 0 Å². The van der Waals surface area contributed by atoms with Crippen molar-refractivity contribution in [2.24, 2.45) is 7.05 Å². The van der Waals surface area contributed by atoms with E-state index in [1.165, 1.54) is 28.9 Å². The number of ketones is 1. The number of hydrogen-bond acceptors (Lipinski definition) is 5. The van der Waals surface area contributed by atoms with Gasteiger partial charge in [0, 0.05) is 43.4 Å². The van der Waals surface area contributed by atoms with Crippen LogP contribution in [0.3, 0.4) is 0 Å². The Morgan fingerprint density at radius 2 is 1.75 bits per heavy atom. The van der Waals surface area contributed by atoms with Gasteiger partial charge in [-0.05, 0) is 31.5 Å². The Kier molecular flexibility index (Phi) is 6.28. The topological polar surface area (TPSA) is 81.5 Å². The average Bonchev–Trinajstić information content (AvgIpc) is 3.10. The predicted octanol–water partition coefficient (Wildman–Crippen LogP) is 3.39. The van der Waals surface area contributed by atoms with Crippen LogP contribution in [0.25, 0.3) is 0 Å². The zero-order valence-electron chi connectivity index (χ0n) is 18.5. The zero-order chi connectivity index (χ0) is 22.9. The Morgan fingerprint density at radius 3 is 2.41 bits per heavy atom. The van der Waals surface area contributed by atoms with Gasteiger partial charge in [-0.15, -0.1) is 0 Å². The number of aryl methyl sites for hydroxylation is 2. The van der Waals surface area contributed by atoms with E-state index in [1.54, 1.807) is 12.1 Å². The van der Waals surface area contributed by atoms with Gasteiger partial charge in [-0.25, -0.2) is 8.42 Å². The fourth-order valence-electron chi connectivity index (χ4n) is 3.93. The first-order valence-electron chi connectivity index (χ1n) is 10.5. The van der Waals surface area contributed by atoms with Crippen LogP contribution < -0.4 is 0 Å². The number of sulfonamides is 1. The smallest absolute Gasteiger partial charge is 0.243 e. The third-order valence-electron chi connectivity index (χ3n) is 5.82. The molecule has 0 atom stereocenters. The van der Waals surface area contributed by atoms with Crippen molar-refractivity contribution in [3.05, 3.63) is 82.2 Å². The van der Waals surface area contributed by atoms with E-state index < -0.39 is 10.0 Å². The molecule has 0 bridgehead atoms. The van der Waals surface area contributed by atoms with Crippen molar-refractivity contribution in [3.63, 3.8) is 0 Å². The lowest BCUT2D eigenvalue weighted by Gasteiger charge is -2.27. The van der Waals surface area contributed by atoms with E-state index in [0.717, 1.165) is 22.5 Å². The highest BCUT2D eigenvalue weighted by molar-refractivity contribution is 7.89. The summed E-state index contributed by atoms with van der Waals surface area (Å²) in [4.78, 5) is 11.7. The molecule has 32 heavy (non-hydrogen) atoms. The monoisotopic (exact) mass is 453 g/mol. The molecule has 1 aromatic heterocycles. The van der Waals surface area contributed by atoms with E-state index in [1.807, 2.05) is 42.9 Å². The third kappa shape index (κ3) is 4.53. The van der Waals surface area contributed by atoms with Gasteiger partial charge in [0.05, 0.1) is 23.8 Å². The number of carbonyl (C=O) groups is 1. The van der Waals surface area contributed by atoms with Crippen molar-refractivity contribution in [2.75, 3.05) is 6.54 Å². The lowest BCUT2D eigenvalue weighted by atomic mass is 10.1. The molecule has 2 aromatic carbocycles. The SMILES string of the molecule is CC(=O)c1ccc(S(=O)(=O)N2CCc3c(c(COCc4ccc(C)cc4)nn3C)C2)cc1. The van der Waals surface area contributed by atoms with Crippen LogP contribution in [0, 0.1) is 6.92 Å². The normalized spacial score (nSPS) is 14.3. The summed E-state index contributed by atoms with van der Waals surface area (Å²) in [6.45, 7) is 4.92. The lowest BCUT2D eigenvalue weighted by molar-refractivity contribution is 0.101. The van der Waals surface area contributed by atoms with E-state index in [2.05, 4.69) is 5.10 Å². The molecule has 2 heterocycles. The fraction of sp³-hybridized carbons (Fsp3) is 0.333. The quantitative estimate of drug-likeness (QED) is 0.512. The molecular weight excluding hydrogens is 426 g/mol. The Balaban J connectivity index is 1.49. The molecule has 0 N–H and O–H groups in total. The van der Waals surface area contributed by atoms with Crippen LogP contribution in [-0.4, -0.2) is 34.8 Å². The third-order valence-corrected chi connectivity index (χ3v) is 7.68. The molecule has 1 aliphatic heterocycles. The van der Waals surface area contributed by atoms with E-state index in [9.17, 15) is 13.2 Å². The molecule has 0 unspecified atom stereocenters. The van der Waals surface area contributed by atoms with Gasteiger partial charge < -0.3 is 4.74 Å². The number of benzene rings is 2. The minimum Gasteiger partial charge on any atom is -0.370 e. The van der Waals surface area contributed by atoms with E-state index in [0.29, 0.717) is 31.7 Å². The molecule has 168 valence electrons. The van der Waals surface area contributed by atoms with Crippen LogP contribution in [0.5, 0.6) is 0 Å². The summed E-state index contributed by atoms with van der Waals surface area (Å²) < 4.78 is 35.6. The van der Waals surface area contributed by atoms with Crippen molar-refractivity contribution in [1.82, 2.24) is 14.1 Å². The number of nitrogens with zero attached hydrogens (tertiary/aromatic N) is 3. The van der Waals surface area contributed by atoms with Crippen LogP contribution in [0.1, 0.15) is 45.4 Å². The first-order valence-corrected chi connectivity index (χ1v) is 12.0. The molecule has 0 aliphatic carbocycles. The number of Topliss-reactive ketones (excluding diaryl/α,β-unsaturated/α-hetero) is 1. The maximum atomic E-state index is 13.2. The summed E-state index contributed by atoms with van der Waals surface area (Å²) in [6.07, 6.45) is 0.585. The van der Waals surface area contributed by atoms with Gasteiger partial charge in [-0.2, -0.15) is 9.40 Å². The number of carbonyl (C=O) groups excluding carboxylic acids is 1. The second kappa shape index (κ2) is 8.97. The second-order valence-corrected chi connectivity index (χ2v) is 10.1. The zero-order valence-corrected chi connectivity index (χ0v) is 19.4. The Hall–Kier alpha value is -2.81. The molecule has 1 aliphatic rings. The molecule has 3 aromatic rings. The minimum atomic E-state index is -3.68. The van der Waals surface area contributed by atoms with E-state index in [4.69, 9.17) is 4.74 Å². The lowest BCUT2D eigenvalue weighted by Crippen LogP contribution is -2.36. The second-order valence-electron chi connectivity index (χ2n) is 8.14. The largest absolute Gasteiger partial charge is 0.370 e. The Labute approximate surface area is 188 Å². The number of aromatic nitrogens is 2. The van der Waals surface area contributed by atoms with Gasteiger partial charge in [0.15, 0.2) is 5.78 Å². The average molecular weight is 454 g/mol. The maximum Gasteiger partial charge on any atom is 0.243 e. The van der Waals surface area contributed by atoms with Crippen LogP contribution >= 0.6 is 0 Å². The molecule has 4 rings (SSSR count). The summed E-state index contributed by atoms with van der Waals surface area (Å²) in [7, 11) is -1.80. The summed E-state index contributed by atoms with van der Waals surface area (Å²) >= 11 is 0. The highest BCUT2D eigenvalue weighted by Gasteiger charge is 2.32. The fourth-order valence-corrected chi connectivity index (χ4v) is 5.34. The number of ether oxygens (including phenoxy) is 1. The number of fused-ring (bicyclic) bond motifs is 1. The Bertz CT molecular complexity index is 1230. The van der Waals surface area contributed by atoms with Crippen LogP contribution in [-0.2, 0) is 48.0 Å². The van der Waals surface area contributed by atoms with Gasteiger partial charge in [-0.3, -0.25) is 9.48 Å². The Morgan fingerprint density at radius 1 is 1.06 bits per heavy atom. The molecule has 0 saturated heterocycles. The van der Waals surface area contributed by atoms with E-state index >= 15 is 0 Å². The minimum absolute atomic E-state index is 0.0952. The summed E-state index contributed by atoms with van der Waals surface area (Å²) in [5.41, 5.74) is 5.49. The van der Waals surface area contributed by atoms with Gasteiger partial charge in [0.25, 0.3) is 0 Å². The molecule has 0 spiro atoms. The molecule has 0 radical (unpaired) electrons. The van der Waals surface area contributed by atoms with Crippen LogP contribution in [0.4, 0.5) is 0 Å². The maximum absolute atomic E-state index is 13.2. The van der Waals surface area contributed by atoms with Crippen molar-refractivity contribution < 1.29 is 17.9 Å². The van der Waals surface area contributed by atoms with Crippen molar-refractivity contribution in [1.29, 1.82) is 0 Å². The van der Waals surface area contributed by atoms with Crippen molar-refractivity contribution in [2.45, 2.75) is 44.9 Å². The summed E-state index contributed by atoms with van der Waals surface area (Å²) in [5, 5.41) is 4.59. The van der Waals surface area contributed by atoms with E-state index in [-0.39, 0.29) is 17.2 Å². The molecule has 0 fully saturated rings. The van der Waals surface area contributed by atoms with Gasteiger partial charge in [-0.1, -0.05) is 42.0 Å². The number of hydrogen-bond donors (Lipinski definition) is 0. The summed E-state index contributed by atoms with van der Waals surface area (Å²) in [6, 6.07) is 14.3. The van der Waals surface area contributed by atoms with Gasteiger partial charge in [0.1, 0.15) is 0 Å². The molecule has 8 heteroatoms. The first kappa shape index (κ1) is 22.4. The molecule has 0 saturated carbocycles. The first-order chi connectivity index (χ1) is 15.3. The number of rotatable bonds is 7. The van der Waals surface area contributed by atoms with Crippen molar-refractivity contribution >= 4 is 15.8 Å². The molecular formula is C24H27N3O4S. The molecule has 7 nitrogen and oxygen atoms in total.